The van der Waals surface area contributed by atoms with Gasteiger partial charge in [-0.25, -0.2) is 19.6 Å². The second-order valence-electron chi connectivity index (χ2n) is 4.64. The van der Waals surface area contributed by atoms with Crippen molar-refractivity contribution in [1.29, 1.82) is 0 Å². The van der Waals surface area contributed by atoms with Crippen LogP contribution in [0.2, 0.25) is 0 Å². The highest BCUT2D eigenvalue weighted by Crippen LogP contribution is 2.26. The van der Waals surface area contributed by atoms with Gasteiger partial charge >= 0.3 is 0 Å². The highest BCUT2D eigenvalue weighted by Gasteiger charge is 2.29. The number of aromatic nitrogens is 1. The maximum atomic E-state index is 13.6. The van der Waals surface area contributed by atoms with Crippen LogP contribution in [0.1, 0.15) is 19.8 Å². The Balaban J connectivity index is 2.22. The molecular weight excluding hydrogens is 242 g/mol. The van der Waals surface area contributed by atoms with E-state index in [2.05, 4.69) is 15.7 Å². The lowest BCUT2D eigenvalue weighted by atomic mass is 9.95. The van der Waals surface area contributed by atoms with Crippen molar-refractivity contribution in [3.63, 3.8) is 0 Å². The van der Waals surface area contributed by atoms with Crippen LogP contribution in [-0.4, -0.2) is 23.7 Å². The molecule has 1 unspecified atom stereocenters. The number of nitrogens with one attached hydrogen (secondary N) is 2. The van der Waals surface area contributed by atoms with Gasteiger partial charge in [-0.3, -0.25) is 0 Å². The number of nitrogen functional groups attached to an aromatic ring is 1. The van der Waals surface area contributed by atoms with Crippen LogP contribution in [0.4, 0.5) is 20.4 Å². The highest BCUT2D eigenvalue weighted by molar-refractivity contribution is 5.48. The summed E-state index contributed by atoms with van der Waals surface area (Å²) < 4.78 is 32.2. The van der Waals surface area contributed by atoms with Gasteiger partial charge in [-0.1, -0.05) is 0 Å². The predicted molar refractivity (Wildman–Crippen MR) is 64.0 cm³/mol. The summed E-state index contributed by atoms with van der Waals surface area (Å²) in [5.41, 5.74) is 1.68. The molecule has 0 radical (unpaired) electrons. The highest BCUT2D eigenvalue weighted by atomic mass is 19.1. The first-order chi connectivity index (χ1) is 8.54. The Labute approximate surface area is 104 Å². The molecule has 0 aromatic carbocycles. The summed E-state index contributed by atoms with van der Waals surface area (Å²) in [6, 6.07) is 0.748. The van der Waals surface area contributed by atoms with E-state index in [1.807, 2.05) is 6.92 Å². The van der Waals surface area contributed by atoms with E-state index >= 15 is 0 Å². The SMILES string of the molecule is CC1(Nc2nc(NN)c(F)cc2F)CCCOC1. The van der Waals surface area contributed by atoms with Gasteiger partial charge in [0.05, 0.1) is 12.1 Å². The number of anilines is 2. The molecule has 1 fully saturated rings. The number of hydrazine groups is 1. The van der Waals surface area contributed by atoms with E-state index < -0.39 is 17.2 Å². The number of pyridine rings is 1. The van der Waals surface area contributed by atoms with E-state index in [0.717, 1.165) is 18.9 Å². The quantitative estimate of drug-likeness (QED) is 0.567. The van der Waals surface area contributed by atoms with Crippen molar-refractivity contribution in [3.8, 4) is 0 Å². The fraction of sp³-hybridized carbons (Fsp3) is 0.545. The van der Waals surface area contributed by atoms with Gasteiger partial charge in [0.1, 0.15) is 0 Å². The molecule has 2 rings (SSSR count). The maximum Gasteiger partial charge on any atom is 0.178 e. The summed E-state index contributed by atoms with van der Waals surface area (Å²) in [5, 5.41) is 2.95. The van der Waals surface area contributed by atoms with Crippen molar-refractivity contribution in [1.82, 2.24) is 4.98 Å². The number of ether oxygens (including phenoxy) is 1. The van der Waals surface area contributed by atoms with Crippen LogP contribution in [0.25, 0.3) is 0 Å². The first kappa shape index (κ1) is 13.0. The summed E-state index contributed by atoms with van der Waals surface area (Å²) in [6.07, 6.45) is 1.71. The molecule has 1 aliphatic rings. The Hall–Kier alpha value is -1.47. The van der Waals surface area contributed by atoms with Crippen molar-refractivity contribution >= 4 is 11.6 Å². The summed E-state index contributed by atoms with van der Waals surface area (Å²) in [6.45, 7) is 3.06. The minimum Gasteiger partial charge on any atom is -0.379 e. The number of hydrogen-bond acceptors (Lipinski definition) is 5. The largest absolute Gasteiger partial charge is 0.379 e. The van der Waals surface area contributed by atoms with Gasteiger partial charge in [-0.2, -0.15) is 0 Å². The van der Waals surface area contributed by atoms with Crippen molar-refractivity contribution < 1.29 is 13.5 Å². The van der Waals surface area contributed by atoms with E-state index in [0.29, 0.717) is 13.2 Å². The number of hydrogen-bond donors (Lipinski definition) is 3. The van der Waals surface area contributed by atoms with Crippen molar-refractivity contribution in [2.45, 2.75) is 25.3 Å². The van der Waals surface area contributed by atoms with Crippen LogP contribution in [0, 0.1) is 11.6 Å². The molecule has 1 aliphatic heterocycles. The second kappa shape index (κ2) is 5.03. The van der Waals surface area contributed by atoms with E-state index in [9.17, 15) is 8.78 Å². The molecule has 1 atom stereocenters. The van der Waals surface area contributed by atoms with E-state index in [1.165, 1.54) is 0 Å². The van der Waals surface area contributed by atoms with Crippen LogP contribution in [-0.2, 0) is 4.74 Å². The molecular formula is C11H16F2N4O. The zero-order chi connectivity index (χ0) is 13.2. The third-order valence-electron chi connectivity index (χ3n) is 2.92. The molecule has 1 aromatic heterocycles. The molecule has 7 heteroatoms. The third kappa shape index (κ3) is 2.68. The molecule has 0 amide bonds. The molecule has 2 heterocycles. The molecule has 100 valence electrons. The van der Waals surface area contributed by atoms with Crippen molar-refractivity contribution in [2.75, 3.05) is 24.0 Å². The van der Waals surface area contributed by atoms with Crippen molar-refractivity contribution in [3.05, 3.63) is 17.7 Å². The molecule has 5 nitrogen and oxygen atoms in total. The van der Waals surface area contributed by atoms with Crippen LogP contribution < -0.4 is 16.6 Å². The summed E-state index contributed by atoms with van der Waals surface area (Å²) >= 11 is 0. The Morgan fingerprint density at radius 2 is 2.11 bits per heavy atom. The molecule has 4 N–H and O–H groups in total. The number of rotatable bonds is 3. The average Bonchev–Trinajstić information content (AvgIpc) is 2.33. The minimum absolute atomic E-state index is 0.0302. The third-order valence-corrected chi connectivity index (χ3v) is 2.92. The van der Waals surface area contributed by atoms with E-state index in [1.54, 1.807) is 0 Å². The van der Waals surface area contributed by atoms with Crippen LogP contribution >= 0.6 is 0 Å². The predicted octanol–water partition coefficient (Wildman–Crippen LogP) is 1.63. The Morgan fingerprint density at radius 3 is 2.72 bits per heavy atom. The minimum atomic E-state index is -0.828. The Kier molecular flexibility index (Phi) is 3.63. The first-order valence-corrected chi connectivity index (χ1v) is 5.73. The Morgan fingerprint density at radius 1 is 1.39 bits per heavy atom. The molecule has 1 saturated heterocycles. The fourth-order valence-electron chi connectivity index (χ4n) is 1.97. The molecule has 0 saturated carbocycles. The summed E-state index contributed by atoms with van der Waals surface area (Å²) in [7, 11) is 0. The zero-order valence-corrected chi connectivity index (χ0v) is 10.1. The average molecular weight is 258 g/mol. The van der Waals surface area contributed by atoms with E-state index in [-0.39, 0.29) is 11.6 Å². The lowest BCUT2D eigenvalue weighted by Gasteiger charge is -2.34. The molecule has 0 bridgehead atoms. The smallest absolute Gasteiger partial charge is 0.178 e. The van der Waals surface area contributed by atoms with Crippen LogP contribution in [0.3, 0.4) is 0 Å². The molecule has 0 spiro atoms. The number of nitrogens with zero attached hydrogens (tertiary/aromatic N) is 1. The summed E-state index contributed by atoms with van der Waals surface area (Å²) in [4.78, 5) is 3.78. The van der Waals surface area contributed by atoms with E-state index in [4.69, 9.17) is 10.6 Å². The number of halogens is 2. The van der Waals surface area contributed by atoms with Gasteiger partial charge in [-0.15, -0.1) is 0 Å². The lowest BCUT2D eigenvalue weighted by molar-refractivity contribution is 0.0537. The normalized spacial score (nSPS) is 23.8. The monoisotopic (exact) mass is 258 g/mol. The van der Waals surface area contributed by atoms with Gasteiger partial charge in [0.2, 0.25) is 0 Å². The maximum absolute atomic E-state index is 13.6. The topological polar surface area (TPSA) is 72.2 Å². The molecule has 0 aliphatic carbocycles. The molecule has 18 heavy (non-hydrogen) atoms. The van der Waals surface area contributed by atoms with Gasteiger partial charge in [0.15, 0.2) is 23.3 Å². The van der Waals surface area contributed by atoms with Crippen molar-refractivity contribution in [2.24, 2.45) is 5.84 Å². The van der Waals surface area contributed by atoms with Crippen LogP contribution in [0.15, 0.2) is 6.07 Å². The standard InChI is InChI=1S/C11H16F2N4O/c1-11(3-2-4-18-6-11)16-9-7(12)5-8(13)10(15-9)17-14/h5H,2-4,6,14H2,1H3,(H2,15,16,17). The first-order valence-electron chi connectivity index (χ1n) is 5.73. The zero-order valence-electron chi connectivity index (χ0n) is 10.1. The van der Waals surface area contributed by atoms with Crippen LogP contribution in [0.5, 0.6) is 0 Å². The van der Waals surface area contributed by atoms with Gasteiger partial charge < -0.3 is 15.5 Å². The van der Waals surface area contributed by atoms with Gasteiger partial charge in [-0.05, 0) is 19.8 Å². The summed E-state index contributed by atoms with van der Waals surface area (Å²) in [5.74, 6) is 3.30. The van der Waals surface area contributed by atoms with Gasteiger partial charge in [0.25, 0.3) is 0 Å². The fourth-order valence-corrected chi connectivity index (χ4v) is 1.97. The second-order valence-corrected chi connectivity index (χ2v) is 4.64. The Bertz CT molecular complexity index is 435. The van der Waals surface area contributed by atoms with Gasteiger partial charge in [0, 0.05) is 12.7 Å². The molecule has 1 aromatic rings. The number of nitrogens with two attached hydrogens (primary N) is 1. The lowest BCUT2D eigenvalue weighted by Crippen LogP contribution is -2.43.